The molecule has 1 fully saturated rings. The zero-order chi connectivity index (χ0) is 14.4. The molecule has 1 aromatic rings. The Hall–Kier alpha value is -1.49. The van der Waals surface area contributed by atoms with E-state index in [0.29, 0.717) is 12.0 Å². The van der Waals surface area contributed by atoms with Crippen LogP contribution in [-0.4, -0.2) is 25.0 Å². The molecule has 1 N–H and O–H groups in total. The first-order chi connectivity index (χ1) is 9.65. The van der Waals surface area contributed by atoms with Crippen molar-refractivity contribution < 1.29 is 18.3 Å². The average molecular weight is 283 g/mol. The summed E-state index contributed by atoms with van der Waals surface area (Å²) >= 11 is 0. The lowest BCUT2D eigenvalue weighted by Crippen LogP contribution is -2.30. The Morgan fingerprint density at radius 1 is 1.25 bits per heavy atom. The maximum absolute atomic E-state index is 12.1. The minimum Gasteiger partial charge on any atom is -0.435 e. The number of hydrogen-bond donors (Lipinski definition) is 1. The van der Waals surface area contributed by atoms with Gasteiger partial charge >= 0.3 is 6.61 Å². The highest BCUT2D eigenvalue weighted by atomic mass is 19.3. The number of halogens is 2. The maximum atomic E-state index is 12.1. The Balaban J connectivity index is 1.91. The van der Waals surface area contributed by atoms with E-state index in [2.05, 4.69) is 10.1 Å². The van der Waals surface area contributed by atoms with Crippen LogP contribution in [0.15, 0.2) is 24.3 Å². The molecule has 1 aliphatic heterocycles. The third kappa shape index (κ3) is 4.56. The first-order valence-corrected chi connectivity index (χ1v) is 6.96. The van der Waals surface area contributed by atoms with Gasteiger partial charge in [-0.25, -0.2) is 0 Å². The van der Waals surface area contributed by atoms with Crippen LogP contribution in [0.1, 0.15) is 42.5 Å². The number of rotatable bonds is 5. The fourth-order valence-electron chi connectivity index (χ4n) is 2.44. The zero-order valence-electron chi connectivity index (χ0n) is 11.3. The molecule has 3 nitrogen and oxygen atoms in total. The minimum absolute atomic E-state index is 0.0352. The normalized spacial score (nSPS) is 19.6. The summed E-state index contributed by atoms with van der Waals surface area (Å²) in [5, 5.41) is 3.38. The van der Waals surface area contributed by atoms with Crippen molar-refractivity contribution in [3.05, 3.63) is 29.8 Å². The number of carbonyl (C=O) groups is 1. The van der Waals surface area contributed by atoms with Crippen molar-refractivity contribution in [1.29, 1.82) is 0 Å². The van der Waals surface area contributed by atoms with E-state index in [-0.39, 0.29) is 17.6 Å². The number of carbonyl (C=O) groups excluding carboxylic acids is 1. The largest absolute Gasteiger partial charge is 0.435 e. The van der Waals surface area contributed by atoms with Crippen LogP contribution in [0.3, 0.4) is 0 Å². The molecule has 5 heteroatoms. The van der Waals surface area contributed by atoms with Crippen LogP contribution in [0.25, 0.3) is 0 Å². The topological polar surface area (TPSA) is 38.3 Å². The van der Waals surface area contributed by atoms with Crippen LogP contribution in [0.2, 0.25) is 0 Å². The highest BCUT2D eigenvalue weighted by Crippen LogP contribution is 2.18. The Morgan fingerprint density at radius 3 is 2.70 bits per heavy atom. The van der Waals surface area contributed by atoms with Crippen LogP contribution >= 0.6 is 0 Å². The number of nitrogens with one attached hydrogen (secondary N) is 1. The Morgan fingerprint density at radius 2 is 2.00 bits per heavy atom. The van der Waals surface area contributed by atoms with Gasteiger partial charge in [0.2, 0.25) is 0 Å². The lowest BCUT2D eigenvalue weighted by atomic mass is 10.0. The van der Waals surface area contributed by atoms with Crippen LogP contribution in [-0.2, 0) is 0 Å². The summed E-state index contributed by atoms with van der Waals surface area (Å²) in [6.45, 7) is -1.88. The highest BCUT2D eigenvalue weighted by molar-refractivity contribution is 5.96. The zero-order valence-corrected chi connectivity index (χ0v) is 11.3. The molecule has 0 spiro atoms. The third-order valence-electron chi connectivity index (χ3n) is 3.50. The van der Waals surface area contributed by atoms with Gasteiger partial charge in [0.05, 0.1) is 0 Å². The van der Waals surface area contributed by atoms with E-state index in [1.165, 1.54) is 30.7 Å². The second kappa shape index (κ2) is 7.33. The molecule has 0 radical (unpaired) electrons. The molecule has 0 amide bonds. The SMILES string of the molecule is O=C(CC1CCCCCN1)c1ccc(OC(F)F)cc1. The predicted molar refractivity (Wildman–Crippen MR) is 72.3 cm³/mol. The van der Waals surface area contributed by atoms with Crippen LogP contribution in [0.5, 0.6) is 5.75 Å². The summed E-state index contributed by atoms with van der Waals surface area (Å²) in [7, 11) is 0. The van der Waals surface area contributed by atoms with E-state index in [4.69, 9.17) is 0 Å². The summed E-state index contributed by atoms with van der Waals surface area (Å²) in [4.78, 5) is 12.1. The molecule has 110 valence electrons. The maximum Gasteiger partial charge on any atom is 0.387 e. The lowest BCUT2D eigenvalue weighted by molar-refractivity contribution is -0.0498. The first kappa shape index (κ1) is 14.9. The molecule has 0 aliphatic carbocycles. The molecule has 2 rings (SSSR count). The van der Waals surface area contributed by atoms with Gasteiger partial charge in [-0.1, -0.05) is 12.8 Å². The van der Waals surface area contributed by atoms with Gasteiger partial charge < -0.3 is 10.1 Å². The Labute approximate surface area is 117 Å². The van der Waals surface area contributed by atoms with E-state index in [0.717, 1.165) is 25.8 Å². The molecule has 1 unspecified atom stereocenters. The first-order valence-electron chi connectivity index (χ1n) is 6.96. The van der Waals surface area contributed by atoms with Crippen molar-refractivity contribution in [2.45, 2.75) is 44.8 Å². The van der Waals surface area contributed by atoms with E-state index >= 15 is 0 Å². The van der Waals surface area contributed by atoms with Crippen LogP contribution < -0.4 is 10.1 Å². The average Bonchev–Trinajstić information content (AvgIpc) is 2.67. The second-order valence-corrected chi connectivity index (χ2v) is 5.03. The molecule has 1 atom stereocenters. The highest BCUT2D eigenvalue weighted by Gasteiger charge is 2.16. The number of hydrogen-bond acceptors (Lipinski definition) is 3. The monoisotopic (exact) mass is 283 g/mol. The molecule has 0 bridgehead atoms. The summed E-state index contributed by atoms with van der Waals surface area (Å²) in [5.41, 5.74) is 0.540. The fourth-order valence-corrected chi connectivity index (χ4v) is 2.44. The smallest absolute Gasteiger partial charge is 0.387 e. The van der Waals surface area contributed by atoms with Crippen molar-refractivity contribution in [3.8, 4) is 5.75 Å². The van der Waals surface area contributed by atoms with Gasteiger partial charge in [0.1, 0.15) is 5.75 Å². The van der Waals surface area contributed by atoms with Gasteiger partial charge in [0.15, 0.2) is 5.78 Å². The van der Waals surface area contributed by atoms with Crippen LogP contribution in [0, 0.1) is 0 Å². The lowest BCUT2D eigenvalue weighted by Gasteiger charge is -2.14. The number of ketones is 1. The number of Topliss-reactive ketones (excluding diaryl/α,β-unsaturated/α-hetero) is 1. The molecule has 0 saturated carbocycles. The Bertz CT molecular complexity index is 426. The molecular weight excluding hydrogens is 264 g/mol. The van der Waals surface area contributed by atoms with Gasteiger partial charge in [-0.15, -0.1) is 0 Å². The van der Waals surface area contributed by atoms with Gasteiger partial charge in [-0.2, -0.15) is 8.78 Å². The van der Waals surface area contributed by atoms with Crippen molar-refractivity contribution in [3.63, 3.8) is 0 Å². The summed E-state index contributed by atoms with van der Waals surface area (Å²) in [5.74, 6) is 0.108. The molecule has 1 saturated heterocycles. The summed E-state index contributed by atoms with van der Waals surface area (Å²) in [6, 6.07) is 6.11. The third-order valence-corrected chi connectivity index (χ3v) is 3.50. The van der Waals surface area contributed by atoms with Crippen molar-refractivity contribution in [1.82, 2.24) is 5.32 Å². The quantitative estimate of drug-likeness (QED) is 0.842. The molecule has 1 aromatic carbocycles. The van der Waals surface area contributed by atoms with Crippen molar-refractivity contribution in [2.24, 2.45) is 0 Å². The standard InChI is InChI=1S/C15H19F2NO2/c16-15(17)20-13-7-5-11(6-8-13)14(19)10-12-4-2-1-3-9-18-12/h5-8,12,15,18H,1-4,9-10H2. The Kier molecular flexibility index (Phi) is 5.47. The fraction of sp³-hybridized carbons (Fsp3) is 0.533. The molecule has 1 heterocycles. The predicted octanol–water partition coefficient (Wildman–Crippen LogP) is 3.39. The minimum atomic E-state index is -2.84. The van der Waals surface area contributed by atoms with Crippen molar-refractivity contribution in [2.75, 3.05) is 6.54 Å². The van der Waals surface area contributed by atoms with Crippen LogP contribution in [0.4, 0.5) is 8.78 Å². The summed E-state index contributed by atoms with van der Waals surface area (Å²) < 4.78 is 28.3. The second-order valence-electron chi connectivity index (χ2n) is 5.03. The number of ether oxygens (including phenoxy) is 1. The summed E-state index contributed by atoms with van der Waals surface area (Å²) in [6.07, 6.45) is 4.97. The number of benzene rings is 1. The van der Waals surface area contributed by atoms with Gasteiger partial charge in [0.25, 0.3) is 0 Å². The van der Waals surface area contributed by atoms with Gasteiger partial charge in [-0.3, -0.25) is 4.79 Å². The van der Waals surface area contributed by atoms with E-state index in [1.807, 2.05) is 0 Å². The number of alkyl halides is 2. The molecule has 20 heavy (non-hydrogen) atoms. The van der Waals surface area contributed by atoms with Gasteiger partial charge in [-0.05, 0) is 43.7 Å². The van der Waals surface area contributed by atoms with Gasteiger partial charge in [0, 0.05) is 18.0 Å². The van der Waals surface area contributed by atoms with Crippen molar-refractivity contribution >= 4 is 5.78 Å². The van der Waals surface area contributed by atoms with E-state index < -0.39 is 6.61 Å². The molecule has 0 aromatic heterocycles. The molecule has 1 aliphatic rings. The van der Waals surface area contributed by atoms with E-state index in [9.17, 15) is 13.6 Å². The van der Waals surface area contributed by atoms with E-state index in [1.54, 1.807) is 0 Å². The molecular formula is C15H19F2NO2.